The summed E-state index contributed by atoms with van der Waals surface area (Å²) in [4.78, 5) is 12.3. The van der Waals surface area contributed by atoms with Crippen molar-refractivity contribution in [3.8, 4) is 0 Å². The molecule has 0 saturated carbocycles. The minimum absolute atomic E-state index is 0.000115. The van der Waals surface area contributed by atoms with E-state index in [1.165, 1.54) is 0 Å². The largest absolute Gasteiger partial charge is 0.461 e. The van der Waals surface area contributed by atoms with Crippen molar-refractivity contribution >= 4 is 5.97 Å². The lowest BCUT2D eigenvalue weighted by Gasteiger charge is -2.46. The van der Waals surface area contributed by atoms with Crippen molar-refractivity contribution in [2.75, 3.05) is 7.05 Å². The maximum atomic E-state index is 12.3. The normalized spacial score (nSPS) is 23.6. The first kappa shape index (κ1) is 17.4. The summed E-state index contributed by atoms with van der Waals surface area (Å²) < 4.78 is 5.78. The fourth-order valence-electron chi connectivity index (χ4n) is 3.36. The molecule has 1 unspecified atom stereocenters. The van der Waals surface area contributed by atoms with Crippen molar-refractivity contribution in [2.45, 2.75) is 84.0 Å². The summed E-state index contributed by atoms with van der Waals surface area (Å²) in [7, 11) is 1.82. The average molecular weight is 284 g/mol. The minimum atomic E-state index is -0.198. The number of likely N-dealkylation sites (N-methyl/N-ethyl adjacent to an activating group) is 1. The SMILES string of the molecule is CNC(CC(C)C)C(=O)OC1CC(C)(C)NC(C)(C)C1. The Bertz CT molecular complexity index is 321. The van der Waals surface area contributed by atoms with Gasteiger partial charge in [-0.05, 0) is 47.1 Å². The molecule has 1 aliphatic rings. The molecule has 0 aromatic rings. The van der Waals surface area contributed by atoms with Gasteiger partial charge in [0.1, 0.15) is 12.1 Å². The third kappa shape index (κ3) is 5.41. The summed E-state index contributed by atoms with van der Waals surface area (Å²) in [6.45, 7) is 12.9. The molecule has 1 fully saturated rings. The lowest BCUT2D eigenvalue weighted by Crippen LogP contribution is -2.60. The highest BCUT2D eigenvalue weighted by molar-refractivity contribution is 5.76. The van der Waals surface area contributed by atoms with Crippen LogP contribution in [0.2, 0.25) is 0 Å². The fourth-order valence-corrected chi connectivity index (χ4v) is 3.36. The molecule has 2 N–H and O–H groups in total. The molecule has 1 saturated heterocycles. The van der Waals surface area contributed by atoms with E-state index in [-0.39, 0.29) is 29.2 Å². The first-order valence-corrected chi connectivity index (χ1v) is 7.72. The molecule has 1 aliphatic heterocycles. The third-order valence-electron chi connectivity index (χ3n) is 3.78. The molecule has 0 aromatic heterocycles. The van der Waals surface area contributed by atoms with Crippen LogP contribution in [0.1, 0.15) is 60.8 Å². The van der Waals surface area contributed by atoms with Crippen LogP contribution in [-0.4, -0.2) is 36.2 Å². The van der Waals surface area contributed by atoms with Crippen molar-refractivity contribution < 1.29 is 9.53 Å². The standard InChI is InChI=1S/C16H32N2O2/c1-11(2)8-13(17-7)14(19)20-12-9-15(3,4)18-16(5,6)10-12/h11-13,17-18H,8-10H2,1-7H3. The quantitative estimate of drug-likeness (QED) is 0.762. The van der Waals surface area contributed by atoms with Gasteiger partial charge in [-0.1, -0.05) is 13.8 Å². The van der Waals surface area contributed by atoms with Crippen LogP contribution in [0, 0.1) is 5.92 Å². The summed E-state index contributed by atoms with van der Waals surface area (Å²) in [6, 6.07) is -0.198. The second-order valence-electron chi connectivity index (χ2n) is 7.83. The Morgan fingerprint density at radius 2 is 1.75 bits per heavy atom. The number of rotatable bonds is 5. The van der Waals surface area contributed by atoms with Crippen LogP contribution in [0.4, 0.5) is 0 Å². The van der Waals surface area contributed by atoms with E-state index in [0.717, 1.165) is 19.3 Å². The van der Waals surface area contributed by atoms with E-state index in [1.54, 1.807) is 0 Å². The second kappa shape index (κ2) is 6.44. The molecule has 0 spiro atoms. The van der Waals surface area contributed by atoms with Gasteiger partial charge in [-0.2, -0.15) is 0 Å². The second-order valence-corrected chi connectivity index (χ2v) is 7.83. The lowest BCUT2D eigenvalue weighted by atomic mass is 9.81. The molecule has 1 rings (SSSR count). The first-order chi connectivity index (χ1) is 9.04. The molecule has 4 heteroatoms. The number of esters is 1. The van der Waals surface area contributed by atoms with E-state index in [0.29, 0.717) is 5.92 Å². The van der Waals surface area contributed by atoms with E-state index in [9.17, 15) is 4.79 Å². The summed E-state index contributed by atoms with van der Waals surface area (Å²) >= 11 is 0. The lowest BCUT2D eigenvalue weighted by molar-refractivity contribution is -0.156. The number of piperidine rings is 1. The van der Waals surface area contributed by atoms with Crippen LogP contribution >= 0.6 is 0 Å². The van der Waals surface area contributed by atoms with Crippen LogP contribution < -0.4 is 10.6 Å². The van der Waals surface area contributed by atoms with Crippen molar-refractivity contribution in [1.82, 2.24) is 10.6 Å². The Morgan fingerprint density at radius 3 is 2.15 bits per heavy atom. The van der Waals surface area contributed by atoms with Gasteiger partial charge in [0.05, 0.1) is 0 Å². The van der Waals surface area contributed by atoms with Crippen molar-refractivity contribution in [2.24, 2.45) is 5.92 Å². The summed E-state index contributed by atoms with van der Waals surface area (Å²) in [5, 5.41) is 6.68. The Hall–Kier alpha value is -0.610. The third-order valence-corrected chi connectivity index (χ3v) is 3.78. The number of nitrogens with one attached hydrogen (secondary N) is 2. The van der Waals surface area contributed by atoms with Crippen LogP contribution in [0.25, 0.3) is 0 Å². The molecule has 1 heterocycles. The molecule has 1 atom stereocenters. The highest BCUT2D eigenvalue weighted by Gasteiger charge is 2.39. The number of carbonyl (C=O) groups is 1. The van der Waals surface area contributed by atoms with Gasteiger partial charge in [-0.3, -0.25) is 4.79 Å². The zero-order valence-electron chi connectivity index (χ0n) is 14.2. The topological polar surface area (TPSA) is 50.4 Å². The molecular weight excluding hydrogens is 252 g/mol. The molecule has 0 amide bonds. The Kier molecular flexibility index (Phi) is 5.61. The van der Waals surface area contributed by atoms with Gasteiger partial charge in [0, 0.05) is 23.9 Å². The zero-order valence-corrected chi connectivity index (χ0v) is 14.2. The summed E-state index contributed by atoms with van der Waals surface area (Å²) in [5.41, 5.74) is -0.000229. The molecule has 0 bridgehead atoms. The van der Waals surface area contributed by atoms with Gasteiger partial charge >= 0.3 is 5.97 Å². The Morgan fingerprint density at radius 1 is 1.25 bits per heavy atom. The van der Waals surface area contributed by atoms with Crippen molar-refractivity contribution in [3.05, 3.63) is 0 Å². The van der Waals surface area contributed by atoms with E-state index in [2.05, 4.69) is 52.2 Å². The monoisotopic (exact) mass is 284 g/mol. The summed E-state index contributed by atoms with van der Waals surface area (Å²) in [5.74, 6) is 0.362. The minimum Gasteiger partial charge on any atom is -0.461 e. The fraction of sp³-hybridized carbons (Fsp3) is 0.938. The van der Waals surface area contributed by atoms with E-state index >= 15 is 0 Å². The Labute approximate surface area is 124 Å². The van der Waals surface area contributed by atoms with E-state index in [1.807, 2.05) is 7.05 Å². The molecular formula is C16H32N2O2. The number of hydrogen-bond acceptors (Lipinski definition) is 4. The molecule has 0 radical (unpaired) electrons. The number of ether oxygens (including phenoxy) is 1. The van der Waals surface area contributed by atoms with Gasteiger partial charge in [0.15, 0.2) is 0 Å². The average Bonchev–Trinajstić information content (AvgIpc) is 2.20. The zero-order chi connectivity index (χ0) is 15.6. The summed E-state index contributed by atoms with van der Waals surface area (Å²) in [6.07, 6.45) is 2.53. The van der Waals surface area contributed by atoms with Crippen LogP contribution in [0.15, 0.2) is 0 Å². The van der Waals surface area contributed by atoms with Gasteiger partial charge in [-0.25, -0.2) is 0 Å². The van der Waals surface area contributed by atoms with Gasteiger partial charge in [-0.15, -0.1) is 0 Å². The molecule has 0 aromatic carbocycles. The van der Waals surface area contributed by atoms with Gasteiger partial charge in [0.2, 0.25) is 0 Å². The van der Waals surface area contributed by atoms with Crippen molar-refractivity contribution in [3.63, 3.8) is 0 Å². The molecule has 20 heavy (non-hydrogen) atoms. The van der Waals surface area contributed by atoms with Crippen LogP contribution in [-0.2, 0) is 9.53 Å². The maximum Gasteiger partial charge on any atom is 0.323 e. The van der Waals surface area contributed by atoms with Crippen LogP contribution in [0.5, 0.6) is 0 Å². The van der Waals surface area contributed by atoms with E-state index < -0.39 is 0 Å². The van der Waals surface area contributed by atoms with Gasteiger partial charge in [0.25, 0.3) is 0 Å². The molecule has 118 valence electrons. The molecule has 4 nitrogen and oxygen atoms in total. The number of carbonyl (C=O) groups excluding carboxylic acids is 1. The van der Waals surface area contributed by atoms with E-state index in [4.69, 9.17) is 4.74 Å². The predicted molar refractivity (Wildman–Crippen MR) is 82.7 cm³/mol. The highest BCUT2D eigenvalue weighted by atomic mass is 16.5. The van der Waals surface area contributed by atoms with Crippen molar-refractivity contribution in [1.29, 1.82) is 0 Å². The smallest absolute Gasteiger partial charge is 0.323 e. The number of hydrogen-bond donors (Lipinski definition) is 2. The maximum absolute atomic E-state index is 12.3. The highest BCUT2D eigenvalue weighted by Crippen LogP contribution is 2.30. The van der Waals surface area contributed by atoms with Gasteiger partial charge < -0.3 is 15.4 Å². The first-order valence-electron chi connectivity index (χ1n) is 7.72. The molecule has 0 aliphatic carbocycles. The van der Waals surface area contributed by atoms with Crippen LogP contribution in [0.3, 0.4) is 0 Å². The Balaban J connectivity index is 2.64. The predicted octanol–water partition coefficient (Wildman–Crippen LogP) is 2.47.